The van der Waals surface area contributed by atoms with Crippen LogP contribution in [0.5, 0.6) is 0 Å². The van der Waals surface area contributed by atoms with Crippen molar-refractivity contribution in [2.24, 2.45) is 5.41 Å². The van der Waals surface area contributed by atoms with Crippen LogP contribution in [0.4, 0.5) is 5.69 Å². The fourth-order valence-corrected chi connectivity index (χ4v) is 2.75. The first kappa shape index (κ1) is 17.0. The van der Waals surface area contributed by atoms with E-state index in [1.807, 2.05) is 60.7 Å². The normalized spacial score (nSPS) is 11.3. The smallest absolute Gasteiger partial charge is 0.225 e. The van der Waals surface area contributed by atoms with Crippen LogP contribution in [0, 0.1) is 5.41 Å². The molecule has 0 aliphatic rings. The van der Waals surface area contributed by atoms with Crippen LogP contribution in [0.25, 0.3) is 22.5 Å². The van der Waals surface area contributed by atoms with Crippen LogP contribution in [0.15, 0.2) is 60.7 Å². The van der Waals surface area contributed by atoms with Crippen molar-refractivity contribution in [1.82, 2.24) is 10.2 Å². The summed E-state index contributed by atoms with van der Waals surface area (Å²) in [6.07, 6.45) is 0.445. The second-order valence-electron chi connectivity index (χ2n) is 7.34. The van der Waals surface area contributed by atoms with Crippen molar-refractivity contribution in [2.75, 3.05) is 5.32 Å². The average Bonchev–Trinajstić information content (AvgIpc) is 2.98. The highest BCUT2D eigenvalue weighted by molar-refractivity contribution is 5.99. The molecule has 0 bridgehead atoms. The van der Waals surface area contributed by atoms with E-state index < -0.39 is 0 Å². The topological polar surface area (TPSA) is 57.8 Å². The van der Waals surface area contributed by atoms with E-state index >= 15 is 0 Å². The summed E-state index contributed by atoms with van der Waals surface area (Å²) < 4.78 is 0. The van der Waals surface area contributed by atoms with Gasteiger partial charge in [0.15, 0.2) is 0 Å². The molecule has 0 spiro atoms. The van der Waals surface area contributed by atoms with Gasteiger partial charge in [-0.05, 0) is 5.41 Å². The van der Waals surface area contributed by atoms with Gasteiger partial charge in [0.05, 0.1) is 11.4 Å². The maximum absolute atomic E-state index is 12.5. The highest BCUT2D eigenvalue weighted by atomic mass is 16.1. The molecule has 0 radical (unpaired) electrons. The predicted octanol–water partition coefficient (Wildman–Crippen LogP) is 5.12. The molecule has 0 fully saturated rings. The highest BCUT2D eigenvalue weighted by Gasteiger charge is 2.21. The number of hydrogen-bond donors (Lipinski definition) is 2. The number of benzene rings is 2. The summed E-state index contributed by atoms with van der Waals surface area (Å²) in [7, 11) is 0. The lowest BCUT2D eigenvalue weighted by Crippen LogP contribution is -2.20. The number of nitrogens with one attached hydrogen (secondary N) is 2. The number of carbonyl (C=O) groups excluding carboxylic acids is 1. The number of aromatic amines is 1. The first-order valence-electron chi connectivity index (χ1n) is 8.43. The van der Waals surface area contributed by atoms with Crippen LogP contribution >= 0.6 is 0 Å². The molecule has 1 heterocycles. The first-order chi connectivity index (χ1) is 11.9. The van der Waals surface area contributed by atoms with Crippen molar-refractivity contribution < 1.29 is 4.79 Å². The van der Waals surface area contributed by atoms with E-state index in [9.17, 15) is 4.79 Å². The molecule has 3 rings (SSSR count). The summed E-state index contributed by atoms with van der Waals surface area (Å²) >= 11 is 0. The van der Waals surface area contributed by atoms with Crippen LogP contribution < -0.4 is 5.32 Å². The molecule has 2 N–H and O–H groups in total. The van der Waals surface area contributed by atoms with E-state index in [0.717, 1.165) is 28.2 Å². The Morgan fingerprint density at radius 2 is 1.52 bits per heavy atom. The molecule has 1 aromatic heterocycles. The Hall–Kier alpha value is -2.88. The van der Waals surface area contributed by atoms with Crippen molar-refractivity contribution in [2.45, 2.75) is 27.2 Å². The molecule has 1 amide bonds. The zero-order valence-electron chi connectivity index (χ0n) is 14.8. The van der Waals surface area contributed by atoms with Gasteiger partial charge in [-0.3, -0.25) is 9.89 Å². The van der Waals surface area contributed by atoms with Gasteiger partial charge < -0.3 is 5.32 Å². The molecular weight excluding hydrogens is 310 g/mol. The molecule has 0 saturated heterocycles. The number of carbonyl (C=O) groups is 1. The minimum atomic E-state index is -0.0758. The standard InChI is InChI=1S/C21H23N3O/c1-21(2,3)14-17(25)22-20-18(15-10-6-4-7-11-15)23-24-19(20)16-12-8-5-9-13-16/h4-13H,14H2,1-3H3,(H,22,25)(H,23,24). The fraction of sp³-hybridized carbons (Fsp3) is 0.238. The summed E-state index contributed by atoms with van der Waals surface area (Å²) in [5.41, 5.74) is 4.18. The molecular formula is C21H23N3O. The number of anilines is 1. The number of H-pyrrole nitrogens is 1. The number of nitrogens with zero attached hydrogens (tertiary/aromatic N) is 1. The van der Waals surface area contributed by atoms with Crippen molar-refractivity contribution in [1.29, 1.82) is 0 Å². The minimum absolute atomic E-state index is 0.0109. The minimum Gasteiger partial charge on any atom is -0.322 e. The summed E-state index contributed by atoms with van der Waals surface area (Å²) in [6.45, 7) is 6.16. The molecule has 0 aliphatic carbocycles. The van der Waals surface area contributed by atoms with Crippen LogP contribution in [-0.2, 0) is 4.79 Å². The summed E-state index contributed by atoms with van der Waals surface area (Å²) in [5.74, 6) is -0.0109. The van der Waals surface area contributed by atoms with E-state index in [1.165, 1.54) is 0 Å². The van der Waals surface area contributed by atoms with Gasteiger partial charge in [0.2, 0.25) is 5.91 Å². The second kappa shape index (κ2) is 6.93. The van der Waals surface area contributed by atoms with E-state index in [0.29, 0.717) is 6.42 Å². The summed E-state index contributed by atoms with van der Waals surface area (Å²) in [5, 5.41) is 10.6. The number of rotatable bonds is 4. The molecule has 3 aromatic rings. The third-order valence-electron chi connectivity index (χ3n) is 3.83. The third kappa shape index (κ3) is 4.15. The molecule has 25 heavy (non-hydrogen) atoms. The molecule has 0 atom stereocenters. The zero-order chi connectivity index (χ0) is 17.9. The van der Waals surface area contributed by atoms with Gasteiger partial charge in [0, 0.05) is 17.5 Å². The summed E-state index contributed by atoms with van der Waals surface area (Å²) in [6, 6.07) is 19.8. The van der Waals surface area contributed by atoms with Crippen molar-refractivity contribution in [3.05, 3.63) is 60.7 Å². The molecule has 0 saturated carbocycles. The Morgan fingerprint density at radius 1 is 0.960 bits per heavy atom. The van der Waals surface area contributed by atoms with Crippen molar-refractivity contribution >= 4 is 11.6 Å². The maximum atomic E-state index is 12.5. The molecule has 2 aromatic carbocycles. The summed E-state index contributed by atoms with van der Waals surface area (Å²) in [4.78, 5) is 12.5. The van der Waals surface area contributed by atoms with Crippen LogP contribution in [-0.4, -0.2) is 16.1 Å². The van der Waals surface area contributed by atoms with E-state index in [1.54, 1.807) is 0 Å². The molecule has 128 valence electrons. The monoisotopic (exact) mass is 333 g/mol. The van der Waals surface area contributed by atoms with Gasteiger partial charge in [0.25, 0.3) is 0 Å². The predicted molar refractivity (Wildman–Crippen MR) is 102 cm³/mol. The van der Waals surface area contributed by atoms with E-state index in [4.69, 9.17) is 0 Å². The van der Waals surface area contributed by atoms with Gasteiger partial charge in [-0.1, -0.05) is 81.4 Å². The lowest BCUT2D eigenvalue weighted by atomic mass is 9.92. The van der Waals surface area contributed by atoms with Crippen LogP contribution in [0.2, 0.25) is 0 Å². The molecule has 4 heteroatoms. The largest absolute Gasteiger partial charge is 0.322 e. The first-order valence-corrected chi connectivity index (χ1v) is 8.43. The van der Waals surface area contributed by atoms with E-state index in [-0.39, 0.29) is 11.3 Å². The second-order valence-corrected chi connectivity index (χ2v) is 7.34. The average molecular weight is 333 g/mol. The molecule has 0 aliphatic heterocycles. The number of aromatic nitrogens is 2. The number of hydrogen-bond acceptors (Lipinski definition) is 2. The van der Waals surface area contributed by atoms with Gasteiger partial charge in [0.1, 0.15) is 5.69 Å². The lowest BCUT2D eigenvalue weighted by Gasteiger charge is -2.17. The fourth-order valence-electron chi connectivity index (χ4n) is 2.75. The molecule has 4 nitrogen and oxygen atoms in total. The van der Waals surface area contributed by atoms with Crippen LogP contribution in [0.3, 0.4) is 0 Å². The highest BCUT2D eigenvalue weighted by Crippen LogP contribution is 2.35. The Bertz CT molecular complexity index is 789. The van der Waals surface area contributed by atoms with Crippen molar-refractivity contribution in [3.8, 4) is 22.5 Å². The van der Waals surface area contributed by atoms with Crippen molar-refractivity contribution in [3.63, 3.8) is 0 Å². The lowest BCUT2D eigenvalue weighted by molar-refractivity contribution is -0.117. The molecule has 0 unspecified atom stereocenters. The SMILES string of the molecule is CC(C)(C)CC(=O)Nc1c(-c2ccccc2)n[nH]c1-c1ccccc1. The zero-order valence-corrected chi connectivity index (χ0v) is 14.8. The number of amides is 1. The van der Waals surface area contributed by atoms with Gasteiger partial charge in [-0.15, -0.1) is 0 Å². The Labute approximate surface area is 148 Å². The quantitative estimate of drug-likeness (QED) is 0.696. The third-order valence-corrected chi connectivity index (χ3v) is 3.83. The Morgan fingerprint density at radius 3 is 2.08 bits per heavy atom. The van der Waals surface area contributed by atoms with Gasteiger partial charge >= 0.3 is 0 Å². The Kier molecular flexibility index (Phi) is 4.70. The van der Waals surface area contributed by atoms with Crippen LogP contribution in [0.1, 0.15) is 27.2 Å². The Balaban J connectivity index is 2.03. The van der Waals surface area contributed by atoms with Gasteiger partial charge in [-0.25, -0.2) is 0 Å². The van der Waals surface area contributed by atoms with Gasteiger partial charge in [-0.2, -0.15) is 5.10 Å². The van der Waals surface area contributed by atoms with E-state index in [2.05, 4.69) is 36.3 Å². The maximum Gasteiger partial charge on any atom is 0.225 e.